The van der Waals surface area contributed by atoms with Crippen molar-refractivity contribution in [1.82, 2.24) is 9.80 Å². The molecule has 3 aliphatic rings. The maximum atomic E-state index is 14.4. The van der Waals surface area contributed by atoms with Gasteiger partial charge in [-0.3, -0.25) is 9.59 Å². The van der Waals surface area contributed by atoms with Crippen LogP contribution in [0.5, 0.6) is 17.2 Å². The molecule has 8 nitrogen and oxygen atoms in total. The van der Waals surface area contributed by atoms with Crippen LogP contribution in [0.25, 0.3) is 0 Å². The molecule has 6 rings (SSSR count). The minimum absolute atomic E-state index is 0.0389. The summed E-state index contributed by atoms with van der Waals surface area (Å²) in [5.74, 6) is 1.26. The summed E-state index contributed by atoms with van der Waals surface area (Å²) in [7, 11) is 4.79. The topological polar surface area (TPSA) is 71.5 Å². The Morgan fingerprint density at radius 3 is 2.18 bits per heavy atom. The van der Waals surface area contributed by atoms with E-state index in [1.165, 1.54) is 5.56 Å². The Kier molecular flexibility index (Phi) is 6.54. The van der Waals surface area contributed by atoms with E-state index in [0.29, 0.717) is 42.3 Å². The van der Waals surface area contributed by atoms with Crippen molar-refractivity contribution in [2.45, 2.75) is 18.4 Å². The van der Waals surface area contributed by atoms with Gasteiger partial charge in [-0.15, -0.1) is 0 Å². The monoisotopic (exact) mass is 527 g/mol. The van der Waals surface area contributed by atoms with Gasteiger partial charge in [-0.05, 0) is 59.5 Å². The molecule has 0 spiro atoms. The third kappa shape index (κ3) is 4.24. The first-order valence-electron chi connectivity index (χ1n) is 13.4. The van der Waals surface area contributed by atoms with Gasteiger partial charge in [0.15, 0.2) is 11.5 Å². The summed E-state index contributed by atoms with van der Waals surface area (Å²) in [4.78, 5) is 34.4. The van der Waals surface area contributed by atoms with E-state index in [1.807, 2.05) is 40.1 Å². The molecule has 0 radical (unpaired) electrons. The van der Waals surface area contributed by atoms with Crippen LogP contribution in [0.1, 0.15) is 39.0 Å². The number of amides is 2. The van der Waals surface area contributed by atoms with Crippen LogP contribution in [0.4, 0.5) is 5.69 Å². The van der Waals surface area contributed by atoms with E-state index in [9.17, 15) is 9.59 Å². The highest BCUT2D eigenvalue weighted by molar-refractivity contribution is 6.02. The standard InChI is InChI=1S/C31H33N3O5/c1-37-22-10-8-21(9-11-22)32-14-16-33(17-15-32)31(36)28-24-18-26(38-2)27(39-3)19-25(24)30(35)34-13-12-20-6-4-5-7-23(20)29(28)34/h4-11,18-19,28-29H,12-17H2,1-3H3/t28-,29-/m1/s1. The van der Waals surface area contributed by atoms with E-state index in [2.05, 4.69) is 29.2 Å². The minimum atomic E-state index is -0.536. The molecule has 3 aliphatic heterocycles. The number of rotatable bonds is 5. The molecular formula is C31H33N3O5. The zero-order chi connectivity index (χ0) is 27.1. The van der Waals surface area contributed by atoms with Crippen molar-refractivity contribution < 1.29 is 23.8 Å². The Morgan fingerprint density at radius 2 is 1.49 bits per heavy atom. The summed E-state index contributed by atoms with van der Waals surface area (Å²) >= 11 is 0. The first-order valence-corrected chi connectivity index (χ1v) is 13.4. The van der Waals surface area contributed by atoms with Gasteiger partial charge in [0.2, 0.25) is 5.91 Å². The number of piperazine rings is 1. The van der Waals surface area contributed by atoms with Crippen molar-refractivity contribution in [2.24, 2.45) is 0 Å². The lowest BCUT2D eigenvalue weighted by molar-refractivity contribution is -0.135. The first-order chi connectivity index (χ1) is 19.0. The molecule has 3 heterocycles. The van der Waals surface area contributed by atoms with Crippen LogP contribution >= 0.6 is 0 Å². The molecular weight excluding hydrogens is 494 g/mol. The van der Waals surface area contributed by atoms with Crippen molar-refractivity contribution >= 4 is 17.5 Å². The largest absolute Gasteiger partial charge is 0.497 e. The maximum absolute atomic E-state index is 14.4. The highest BCUT2D eigenvalue weighted by Crippen LogP contribution is 2.49. The SMILES string of the molecule is COc1ccc(N2CCN(C(=O)[C@@H]3c4cc(OC)c(OC)cc4C(=O)N4CCc5ccccc5[C@H]34)CC2)cc1. The van der Waals surface area contributed by atoms with E-state index in [-0.39, 0.29) is 17.9 Å². The van der Waals surface area contributed by atoms with Gasteiger partial charge in [-0.25, -0.2) is 0 Å². The number of methoxy groups -OCH3 is 3. The zero-order valence-electron chi connectivity index (χ0n) is 22.6. The first kappa shape index (κ1) is 25.1. The quantitative estimate of drug-likeness (QED) is 0.501. The molecule has 8 heteroatoms. The maximum Gasteiger partial charge on any atom is 0.254 e. The van der Waals surface area contributed by atoms with Crippen molar-refractivity contribution in [3.05, 3.63) is 82.9 Å². The average Bonchev–Trinajstić information content (AvgIpc) is 3.00. The number of carbonyl (C=O) groups is 2. The van der Waals surface area contributed by atoms with Crippen molar-refractivity contribution in [3.63, 3.8) is 0 Å². The Labute approximate surface area is 228 Å². The Morgan fingerprint density at radius 1 is 0.795 bits per heavy atom. The molecule has 3 aromatic rings. The Hall–Kier alpha value is -4.20. The molecule has 0 N–H and O–H groups in total. The lowest BCUT2D eigenvalue weighted by Gasteiger charge is -2.47. The second-order valence-corrected chi connectivity index (χ2v) is 10.2. The van der Waals surface area contributed by atoms with Crippen LogP contribution in [0, 0.1) is 0 Å². The van der Waals surface area contributed by atoms with Gasteiger partial charge in [-0.2, -0.15) is 0 Å². The molecule has 2 atom stereocenters. The highest BCUT2D eigenvalue weighted by atomic mass is 16.5. The summed E-state index contributed by atoms with van der Waals surface area (Å²) < 4.78 is 16.4. The number of hydrogen-bond donors (Lipinski definition) is 0. The summed E-state index contributed by atoms with van der Waals surface area (Å²) in [6.45, 7) is 3.24. The second-order valence-electron chi connectivity index (χ2n) is 10.2. The van der Waals surface area contributed by atoms with Gasteiger partial charge >= 0.3 is 0 Å². The smallest absolute Gasteiger partial charge is 0.254 e. The van der Waals surface area contributed by atoms with E-state index < -0.39 is 5.92 Å². The van der Waals surface area contributed by atoms with Crippen molar-refractivity contribution in [3.8, 4) is 17.2 Å². The fourth-order valence-corrected chi connectivity index (χ4v) is 6.29. The summed E-state index contributed by atoms with van der Waals surface area (Å²) in [6, 6.07) is 19.4. The summed E-state index contributed by atoms with van der Waals surface area (Å²) in [5, 5.41) is 0. The molecule has 202 valence electrons. The number of carbonyl (C=O) groups excluding carboxylic acids is 2. The van der Waals surface area contributed by atoms with Crippen LogP contribution in [0.2, 0.25) is 0 Å². The predicted molar refractivity (Wildman–Crippen MR) is 148 cm³/mol. The van der Waals surface area contributed by atoms with Gasteiger partial charge in [0.1, 0.15) is 5.75 Å². The van der Waals surface area contributed by atoms with Gasteiger partial charge in [0.05, 0.1) is 33.3 Å². The van der Waals surface area contributed by atoms with Crippen LogP contribution < -0.4 is 19.1 Å². The minimum Gasteiger partial charge on any atom is -0.497 e. The fraction of sp³-hybridized carbons (Fsp3) is 0.355. The molecule has 39 heavy (non-hydrogen) atoms. The van der Waals surface area contributed by atoms with Crippen LogP contribution in [0.15, 0.2) is 60.7 Å². The average molecular weight is 528 g/mol. The van der Waals surface area contributed by atoms with Gasteiger partial charge in [0.25, 0.3) is 5.91 Å². The number of ether oxygens (including phenoxy) is 3. The normalized spacial score (nSPS) is 20.1. The number of fused-ring (bicyclic) bond motifs is 4. The molecule has 0 bridgehead atoms. The van der Waals surface area contributed by atoms with Crippen molar-refractivity contribution in [1.29, 1.82) is 0 Å². The molecule has 2 amide bonds. The zero-order valence-corrected chi connectivity index (χ0v) is 22.6. The number of nitrogens with zero attached hydrogens (tertiary/aromatic N) is 3. The molecule has 0 aromatic heterocycles. The Bertz CT molecular complexity index is 1400. The second kappa shape index (κ2) is 10.2. The van der Waals surface area contributed by atoms with Crippen molar-refractivity contribution in [2.75, 3.05) is 59.0 Å². The van der Waals surface area contributed by atoms with Crippen LogP contribution in [-0.4, -0.2) is 75.7 Å². The third-order valence-corrected chi connectivity index (χ3v) is 8.32. The number of hydrogen-bond acceptors (Lipinski definition) is 6. The Balaban J connectivity index is 1.36. The predicted octanol–water partition coefficient (Wildman–Crippen LogP) is 3.90. The lowest BCUT2D eigenvalue weighted by atomic mass is 9.75. The molecule has 0 unspecified atom stereocenters. The van der Waals surface area contributed by atoms with E-state index in [1.54, 1.807) is 27.4 Å². The van der Waals surface area contributed by atoms with Crippen LogP contribution in [0.3, 0.4) is 0 Å². The van der Waals surface area contributed by atoms with Crippen LogP contribution in [-0.2, 0) is 11.2 Å². The van der Waals surface area contributed by atoms with E-state index in [0.717, 1.165) is 36.5 Å². The molecule has 1 fully saturated rings. The third-order valence-electron chi connectivity index (χ3n) is 8.32. The van der Waals surface area contributed by atoms with Gasteiger partial charge < -0.3 is 28.9 Å². The molecule has 0 saturated carbocycles. The van der Waals surface area contributed by atoms with E-state index >= 15 is 0 Å². The molecule has 0 aliphatic carbocycles. The molecule has 3 aromatic carbocycles. The summed E-state index contributed by atoms with van der Waals surface area (Å²) in [6.07, 6.45) is 0.766. The van der Waals surface area contributed by atoms with Gasteiger partial charge in [-0.1, -0.05) is 24.3 Å². The van der Waals surface area contributed by atoms with Gasteiger partial charge in [0, 0.05) is 44.0 Å². The fourth-order valence-electron chi connectivity index (χ4n) is 6.29. The lowest BCUT2D eigenvalue weighted by Crippen LogP contribution is -2.54. The van der Waals surface area contributed by atoms with E-state index in [4.69, 9.17) is 14.2 Å². The number of benzene rings is 3. The highest BCUT2D eigenvalue weighted by Gasteiger charge is 2.48. The summed E-state index contributed by atoms with van der Waals surface area (Å²) in [5.41, 5.74) is 4.57. The molecule has 1 saturated heterocycles. The number of anilines is 1.